The molecule has 1 aromatic carbocycles. The van der Waals surface area contributed by atoms with Crippen LogP contribution in [0.2, 0.25) is 0 Å². The Morgan fingerprint density at radius 2 is 1.77 bits per heavy atom. The highest BCUT2D eigenvalue weighted by Gasteiger charge is 2.01. The third-order valence-corrected chi connectivity index (χ3v) is 2.40. The van der Waals surface area contributed by atoms with Gasteiger partial charge in [0.2, 0.25) is 0 Å². The summed E-state index contributed by atoms with van der Waals surface area (Å²) in [6.07, 6.45) is -0.509. The number of carbonyl (C=O) groups excluding carboxylic acids is 1. The number of alkyl carbamates (subject to hydrolysis) is 1. The van der Waals surface area contributed by atoms with Crippen molar-refractivity contribution in [1.29, 1.82) is 0 Å². The maximum absolute atomic E-state index is 11.3. The summed E-state index contributed by atoms with van der Waals surface area (Å²) < 4.78 is 20.5. The average molecular weight is 312 g/mol. The van der Waals surface area contributed by atoms with E-state index in [2.05, 4.69) is 11.4 Å². The minimum Gasteiger partial charge on any atom is -0.490 e. The Labute approximate surface area is 130 Å². The van der Waals surface area contributed by atoms with Crippen molar-refractivity contribution in [3.8, 4) is 5.75 Å². The molecule has 22 heavy (non-hydrogen) atoms. The molecule has 0 fully saturated rings. The molecule has 0 aliphatic rings. The van der Waals surface area contributed by atoms with E-state index in [0.717, 1.165) is 0 Å². The lowest BCUT2D eigenvalue weighted by Gasteiger charge is -2.09. The predicted molar refractivity (Wildman–Crippen MR) is 78.8 cm³/mol. The van der Waals surface area contributed by atoms with Crippen LogP contribution in [0.15, 0.2) is 24.3 Å². The molecule has 1 rings (SSSR count). The smallest absolute Gasteiger partial charge is 0.407 e. The number of rotatable bonds is 12. The molecule has 0 aliphatic heterocycles. The van der Waals surface area contributed by atoms with Crippen LogP contribution in [0.5, 0.6) is 5.75 Å². The fourth-order valence-corrected chi connectivity index (χ4v) is 1.42. The zero-order valence-electron chi connectivity index (χ0n) is 12.5. The molecule has 2 N–H and O–H groups in total. The maximum Gasteiger partial charge on any atom is 0.407 e. The van der Waals surface area contributed by atoms with E-state index in [-0.39, 0.29) is 19.8 Å². The second kappa shape index (κ2) is 12.9. The molecule has 0 spiro atoms. The first-order valence-electron chi connectivity index (χ1n) is 7.09. The van der Waals surface area contributed by atoms with Gasteiger partial charge in [0.15, 0.2) is 0 Å². The van der Waals surface area contributed by atoms with E-state index in [1.807, 2.05) is 0 Å². The van der Waals surface area contributed by atoms with Gasteiger partial charge in [-0.3, -0.25) is 0 Å². The molecule has 1 amide bonds. The molecule has 1 radical (unpaired) electrons. The van der Waals surface area contributed by atoms with Crippen molar-refractivity contribution in [3.05, 3.63) is 30.3 Å². The van der Waals surface area contributed by atoms with Crippen LogP contribution in [0, 0.1) is 6.07 Å². The maximum atomic E-state index is 11.3. The number of nitrogens with one attached hydrogen (secondary N) is 1. The number of hydrogen-bond acceptors (Lipinski definition) is 6. The predicted octanol–water partition coefficient (Wildman–Crippen LogP) is 0.617. The Kier molecular flexibility index (Phi) is 10.7. The molecule has 1 aromatic rings. The molecule has 123 valence electrons. The van der Waals surface area contributed by atoms with Crippen molar-refractivity contribution >= 4 is 6.09 Å². The number of carbonyl (C=O) groups is 1. The standard InChI is InChI=1S/C15H22NO6/c17-7-9-20-11-10-19-8-6-16-15(18)22-13-12-21-14-4-2-1-3-5-14/h2-5,17H,6-13H2,(H,16,18). The van der Waals surface area contributed by atoms with Crippen molar-refractivity contribution < 1.29 is 28.8 Å². The van der Waals surface area contributed by atoms with Gasteiger partial charge in [0.05, 0.1) is 33.0 Å². The third kappa shape index (κ3) is 9.98. The van der Waals surface area contributed by atoms with E-state index in [9.17, 15) is 4.79 Å². The van der Waals surface area contributed by atoms with E-state index in [4.69, 9.17) is 24.1 Å². The highest BCUT2D eigenvalue weighted by Crippen LogP contribution is 2.07. The molecule has 0 heterocycles. The van der Waals surface area contributed by atoms with Crippen LogP contribution < -0.4 is 10.1 Å². The van der Waals surface area contributed by atoms with Gasteiger partial charge in [-0.25, -0.2) is 4.79 Å². The number of benzene rings is 1. The topological polar surface area (TPSA) is 86.3 Å². The van der Waals surface area contributed by atoms with Crippen molar-refractivity contribution in [1.82, 2.24) is 5.32 Å². The molecule has 0 saturated carbocycles. The van der Waals surface area contributed by atoms with Crippen LogP contribution in [0.4, 0.5) is 4.79 Å². The Balaban J connectivity index is 1.87. The highest BCUT2D eigenvalue weighted by atomic mass is 16.6. The molecule has 0 aromatic heterocycles. The molecule has 7 nitrogen and oxygen atoms in total. The van der Waals surface area contributed by atoms with Gasteiger partial charge in [-0.2, -0.15) is 0 Å². The van der Waals surface area contributed by atoms with E-state index in [1.165, 1.54) is 0 Å². The zero-order chi connectivity index (χ0) is 15.9. The van der Waals surface area contributed by atoms with Gasteiger partial charge in [-0.05, 0) is 18.2 Å². The van der Waals surface area contributed by atoms with Crippen LogP contribution in [0.25, 0.3) is 0 Å². The second-order valence-corrected chi connectivity index (χ2v) is 4.10. The molecular formula is C15H22NO6. The van der Waals surface area contributed by atoms with Gasteiger partial charge in [-0.1, -0.05) is 12.1 Å². The van der Waals surface area contributed by atoms with Gasteiger partial charge in [-0.15, -0.1) is 0 Å². The largest absolute Gasteiger partial charge is 0.490 e. The first kappa shape index (κ1) is 18.2. The van der Waals surface area contributed by atoms with Crippen LogP contribution in [-0.2, 0) is 14.2 Å². The molecule has 0 aliphatic carbocycles. The lowest BCUT2D eigenvalue weighted by molar-refractivity contribution is 0.0336. The minimum absolute atomic E-state index is 0.000171. The fraction of sp³-hybridized carbons (Fsp3) is 0.533. The lowest BCUT2D eigenvalue weighted by Crippen LogP contribution is -2.29. The van der Waals surface area contributed by atoms with Crippen molar-refractivity contribution in [2.45, 2.75) is 0 Å². The van der Waals surface area contributed by atoms with Crippen LogP contribution in [-0.4, -0.2) is 64.0 Å². The molecule has 7 heteroatoms. The summed E-state index contributed by atoms with van der Waals surface area (Å²) in [6.45, 7) is 2.31. The van der Waals surface area contributed by atoms with E-state index in [1.54, 1.807) is 24.3 Å². The number of hydrogen-bond donors (Lipinski definition) is 2. The van der Waals surface area contributed by atoms with Gasteiger partial charge >= 0.3 is 6.09 Å². The lowest BCUT2D eigenvalue weighted by atomic mass is 10.3. The first-order chi connectivity index (χ1) is 10.8. The van der Waals surface area contributed by atoms with E-state index < -0.39 is 6.09 Å². The first-order valence-corrected chi connectivity index (χ1v) is 7.09. The van der Waals surface area contributed by atoms with E-state index in [0.29, 0.717) is 38.7 Å². The molecule has 0 unspecified atom stereocenters. The fourth-order valence-electron chi connectivity index (χ4n) is 1.42. The summed E-state index contributed by atoms with van der Waals surface area (Å²) in [5.74, 6) is 0.708. The summed E-state index contributed by atoms with van der Waals surface area (Å²) in [6, 6.07) is 9.94. The SMILES string of the molecule is O=C(NCCOCCOCCO)OCCOc1cc[c]cc1. The quantitative estimate of drug-likeness (QED) is 0.550. The van der Waals surface area contributed by atoms with Gasteiger partial charge in [0.25, 0.3) is 0 Å². The van der Waals surface area contributed by atoms with Crippen LogP contribution >= 0.6 is 0 Å². The number of aliphatic hydroxyl groups is 1. The van der Waals surface area contributed by atoms with Gasteiger partial charge in [0.1, 0.15) is 19.0 Å². The van der Waals surface area contributed by atoms with Crippen molar-refractivity contribution in [2.24, 2.45) is 0 Å². The van der Waals surface area contributed by atoms with Crippen molar-refractivity contribution in [3.63, 3.8) is 0 Å². The minimum atomic E-state index is -0.509. The monoisotopic (exact) mass is 312 g/mol. The Bertz CT molecular complexity index is 387. The number of aliphatic hydroxyl groups excluding tert-OH is 1. The van der Waals surface area contributed by atoms with E-state index >= 15 is 0 Å². The molecule has 0 atom stereocenters. The summed E-state index contributed by atoms with van der Waals surface area (Å²) in [5, 5.41) is 11.0. The van der Waals surface area contributed by atoms with Gasteiger partial charge in [0, 0.05) is 6.54 Å². The average Bonchev–Trinajstić information content (AvgIpc) is 2.55. The summed E-state index contributed by atoms with van der Waals surface area (Å²) in [7, 11) is 0. The normalized spacial score (nSPS) is 10.2. The molecule has 0 saturated heterocycles. The summed E-state index contributed by atoms with van der Waals surface area (Å²) in [5.41, 5.74) is 0. The Morgan fingerprint density at radius 1 is 1.05 bits per heavy atom. The third-order valence-electron chi connectivity index (χ3n) is 2.40. The van der Waals surface area contributed by atoms with Crippen molar-refractivity contribution in [2.75, 3.05) is 52.8 Å². The highest BCUT2D eigenvalue weighted by molar-refractivity contribution is 5.67. The van der Waals surface area contributed by atoms with Crippen LogP contribution in [0.1, 0.15) is 0 Å². The second-order valence-electron chi connectivity index (χ2n) is 4.10. The number of amides is 1. The Morgan fingerprint density at radius 3 is 2.50 bits per heavy atom. The summed E-state index contributed by atoms with van der Waals surface area (Å²) in [4.78, 5) is 11.3. The van der Waals surface area contributed by atoms with Gasteiger partial charge < -0.3 is 29.4 Å². The molecular weight excluding hydrogens is 290 g/mol. The summed E-state index contributed by atoms with van der Waals surface area (Å²) >= 11 is 0. The van der Waals surface area contributed by atoms with Crippen LogP contribution in [0.3, 0.4) is 0 Å². The molecule has 0 bridgehead atoms. The number of ether oxygens (including phenoxy) is 4. The zero-order valence-corrected chi connectivity index (χ0v) is 12.5. The Hall–Kier alpha value is -1.83.